The van der Waals surface area contributed by atoms with Gasteiger partial charge in [0.2, 0.25) is 0 Å². The summed E-state index contributed by atoms with van der Waals surface area (Å²) >= 11 is 0. The smallest absolute Gasteiger partial charge is 0.121 e. The Hall–Kier alpha value is -3.59. The number of pyridine rings is 2. The van der Waals surface area contributed by atoms with Crippen LogP contribution in [0.3, 0.4) is 0 Å². The maximum absolute atomic E-state index is 7.56. The van der Waals surface area contributed by atoms with Crippen LogP contribution in [0.2, 0.25) is 0 Å². The zero-order valence-corrected chi connectivity index (χ0v) is 21.2. The number of hydrogen-bond donors (Lipinski definition) is 0. The van der Waals surface area contributed by atoms with E-state index in [9.17, 15) is 0 Å². The Balaban J connectivity index is 0.000000200. The molecule has 0 spiro atoms. The molecule has 0 aliphatic rings. The third-order valence-corrected chi connectivity index (χ3v) is 5.35. The average Bonchev–Trinajstić information content (AvgIpc) is 3.31. The minimum absolute atomic E-state index is 0. The summed E-state index contributed by atoms with van der Waals surface area (Å²) in [5.74, 6) is 0. The molecule has 0 bridgehead atoms. The van der Waals surface area contributed by atoms with Crippen molar-refractivity contribution in [2.45, 2.75) is 20.6 Å². The van der Waals surface area contributed by atoms with Gasteiger partial charge in [-0.2, -0.15) is 0 Å². The van der Waals surface area contributed by atoms with E-state index in [1.165, 1.54) is 0 Å². The summed E-state index contributed by atoms with van der Waals surface area (Å²) in [6.07, 6.45) is 3.43. The maximum atomic E-state index is 7.56. The third kappa shape index (κ3) is 5.40. The molecular formula is C31H24IrN2O-2. The SMILES string of the molecule is [2H]C([2H])([2H])c1cc[c-]c(-c2ccccn2)c1.[2H]C([2H])([2H])c1ccc2c(c1)oc1c(-c3cc(C)ccn3)[c-]ccc12.[Ir]. The first kappa shape index (κ1) is 17.8. The Morgan fingerprint density at radius 2 is 1.57 bits per heavy atom. The number of furan rings is 1. The van der Waals surface area contributed by atoms with E-state index in [0.717, 1.165) is 33.3 Å². The molecule has 0 fully saturated rings. The van der Waals surface area contributed by atoms with E-state index < -0.39 is 13.7 Å². The van der Waals surface area contributed by atoms with Crippen molar-refractivity contribution in [1.29, 1.82) is 0 Å². The molecule has 0 N–H and O–H groups in total. The van der Waals surface area contributed by atoms with E-state index in [0.29, 0.717) is 22.3 Å². The Bertz CT molecular complexity index is 1800. The van der Waals surface area contributed by atoms with Crippen LogP contribution in [0.5, 0.6) is 0 Å². The quantitative estimate of drug-likeness (QED) is 0.181. The molecule has 0 aliphatic heterocycles. The summed E-state index contributed by atoms with van der Waals surface area (Å²) in [6, 6.07) is 29.2. The second-order valence-electron chi connectivity index (χ2n) is 7.83. The zero-order chi connectivity index (χ0) is 28.5. The summed E-state index contributed by atoms with van der Waals surface area (Å²) in [7, 11) is 0. The molecule has 0 unspecified atom stereocenters. The normalized spacial score (nSPS) is 13.7. The standard InChI is InChI=1S/C19H14NO.C12H10N.Ir/c1-12-6-7-14-15-4-3-5-16(19(15)21-18(14)11-12)17-10-13(2)8-9-20-17;1-10-5-4-6-11(9-10)12-7-2-3-8-13-12;/h3-4,6-11H,1-2H3;2-5,7-9H,1H3;/q2*-1;/i2*1D3;. The molecule has 0 aliphatic carbocycles. The molecule has 3 aromatic heterocycles. The van der Waals surface area contributed by atoms with Crippen molar-refractivity contribution in [3.05, 3.63) is 120 Å². The van der Waals surface area contributed by atoms with Crippen LogP contribution in [0.25, 0.3) is 44.5 Å². The number of aryl methyl sites for hydroxylation is 3. The van der Waals surface area contributed by atoms with E-state index in [2.05, 4.69) is 22.1 Å². The van der Waals surface area contributed by atoms with E-state index in [-0.39, 0.29) is 25.7 Å². The summed E-state index contributed by atoms with van der Waals surface area (Å²) < 4.78 is 50.7. The van der Waals surface area contributed by atoms with Gasteiger partial charge in [0.15, 0.2) is 0 Å². The molecule has 4 heteroatoms. The van der Waals surface area contributed by atoms with Gasteiger partial charge in [-0.15, -0.1) is 53.6 Å². The maximum Gasteiger partial charge on any atom is 0.121 e. The van der Waals surface area contributed by atoms with Crippen molar-refractivity contribution in [2.24, 2.45) is 0 Å². The van der Waals surface area contributed by atoms with Gasteiger partial charge in [0, 0.05) is 46.1 Å². The molecule has 3 nitrogen and oxygen atoms in total. The van der Waals surface area contributed by atoms with E-state index in [1.807, 2.05) is 49.4 Å². The van der Waals surface area contributed by atoms with Crippen LogP contribution in [0.15, 0.2) is 95.7 Å². The molecule has 0 saturated carbocycles. The summed E-state index contributed by atoms with van der Waals surface area (Å²) in [5, 5.41) is 1.82. The number of benzene rings is 3. The van der Waals surface area contributed by atoms with Crippen molar-refractivity contribution < 1.29 is 32.7 Å². The van der Waals surface area contributed by atoms with Crippen molar-refractivity contribution >= 4 is 21.9 Å². The fourth-order valence-electron chi connectivity index (χ4n) is 3.74. The first-order valence-corrected chi connectivity index (χ1v) is 10.7. The topological polar surface area (TPSA) is 38.9 Å². The Labute approximate surface area is 227 Å². The number of nitrogens with zero attached hydrogens (tertiary/aromatic N) is 2. The minimum Gasteiger partial charge on any atom is -0.501 e. The molecule has 35 heavy (non-hydrogen) atoms. The van der Waals surface area contributed by atoms with Crippen molar-refractivity contribution in [3.63, 3.8) is 0 Å². The fraction of sp³-hybridized carbons (Fsp3) is 0.0968. The van der Waals surface area contributed by atoms with Crippen LogP contribution < -0.4 is 0 Å². The fourth-order valence-corrected chi connectivity index (χ4v) is 3.74. The van der Waals surface area contributed by atoms with Crippen LogP contribution >= 0.6 is 0 Å². The van der Waals surface area contributed by atoms with E-state index in [4.69, 9.17) is 12.6 Å². The van der Waals surface area contributed by atoms with Gasteiger partial charge >= 0.3 is 0 Å². The van der Waals surface area contributed by atoms with Crippen LogP contribution in [-0.4, -0.2) is 9.97 Å². The average molecular weight is 639 g/mol. The van der Waals surface area contributed by atoms with Crippen molar-refractivity contribution in [1.82, 2.24) is 9.97 Å². The third-order valence-electron chi connectivity index (χ3n) is 5.35. The molecule has 0 saturated heterocycles. The van der Waals surface area contributed by atoms with Gasteiger partial charge in [0.25, 0.3) is 0 Å². The van der Waals surface area contributed by atoms with E-state index >= 15 is 0 Å². The predicted molar refractivity (Wildman–Crippen MR) is 139 cm³/mol. The first-order chi connectivity index (χ1) is 19.0. The first-order valence-electron chi connectivity index (χ1n) is 13.7. The Morgan fingerprint density at radius 3 is 2.37 bits per heavy atom. The molecule has 0 amide bonds. The summed E-state index contributed by atoms with van der Waals surface area (Å²) in [5.41, 5.74) is 5.92. The molecular weight excluding hydrogens is 609 g/mol. The largest absolute Gasteiger partial charge is 0.501 e. The molecule has 1 radical (unpaired) electrons. The van der Waals surface area contributed by atoms with Gasteiger partial charge in [-0.05, 0) is 48.9 Å². The van der Waals surface area contributed by atoms with Gasteiger partial charge in [0.05, 0.1) is 5.58 Å². The number of rotatable bonds is 2. The minimum atomic E-state index is -2.15. The molecule has 3 heterocycles. The van der Waals surface area contributed by atoms with Gasteiger partial charge in [-0.3, -0.25) is 0 Å². The van der Waals surface area contributed by atoms with Crippen LogP contribution in [0.4, 0.5) is 0 Å². The predicted octanol–water partition coefficient (Wildman–Crippen LogP) is 7.92. The summed E-state index contributed by atoms with van der Waals surface area (Å²) in [4.78, 5) is 8.56. The molecule has 175 valence electrons. The monoisotopic (exact) mass is 639 g/mol. The van der Waals surface area contributed by atoms with Crippen LogP contribution in [0, 0.1) is 32.8 Å². The van der Waals surface area contributed by atoms with Crippen LogP contribution in [-0.2, 0) is 20.1 Å². The van der Waals surface area contributed by atoms with Gasteiger partial charge in [-0.25, -0.2) is 0 Å². The van der Waals surface area contributed by atoms with Crippen molar-refractivity contribution in [3.8, 4) is 22.5 Å². The van der Waals surface area contributed by atoms with Gasteiger partial charge < -0.3 is 14.4 Å². The molecule has 3 aromatic carbocycles. The Morgan fingerprint density at radius 1 is 0.743 bits per heavy atom. The number of fused-ring (bicyclic) bond motifs is 3. The van der Waals surface area contributed by atoms with Gasteiger partial charge in [-0.1, -0.05) is 53.7 Å². The Kier molecular flexibility index (Phi) is 5.48. The number of aromatic nitrogens is 2. The molecule has 6 rings (SSSR count). The second-order valence-corrected chi connectivity index (χ2v) is 7.83. The number of hydrogen-bond acceptors (Lipinski definition) is 3. The van der Waals surface area contributed by atoms with Crippen LogP contribution in [0.1, 0.15) is 24.9 Å². The van der Waals surface area contributed by atoms with Gasteiger partial charge in [0.1, 0.15) is 5.58 Å². The molecule has 6 aromatic rings. The van der Waals surface area contributed by atoms with E-state index in [1.54, 1.807) is 48.8 Å². The molecule has 0 atom stereocenters. The second kappa shape index (κ2) is 10.8. The zero-order valence-electron chi connectivity index (χ0n) is 24.8. The van der Waals surface area contributed by atoms with Crippen molar-refractivity contribution in [2.75, 3.05) is 0 Å². The summed E-state index contributed by atoms with van der Waals surface area (Å²) in [6.45, 7) is -2.23.